The third-order valence-electron chi connectivity index (χ3n) is 10.3. The van der Waals surface area contributed by atoms with Crippen LogP contribution in [-0.2, 0) is 6.42 Å². The van der Waals surface area contributed by atoms with Gasteiger partial charge >= 0.3 is 0 Å². The fraction of sp³-hybridized carbons (Fsp3) is 0.0400. The van der Waals surface area contributed by atoms with Gasteiger partial charge in [0.15, 0.2) is 0 Å². The number of benzene rings is 8. The van der Waals surface area contributed by atoms with Crippen molar-refractivity contribution in [3.63, 3.8) is 0 Å². The minimum Gasteiger partial charge on any atom is -0.309 e. The molecule has 9 aromatic rings. The van der Waals surface area contributed by atoms with Crippen LogP contribution >= 0.6 is 0 Å². The second-order valence-corrected chi connectivity index (χ2v) is 13.4. The van der Waals surface area contributed by atoms with Gasteiger partial charge in [0.2, 0.25) is 0 Å². The van der Waals surface area contributed by atoms with Crippen LogP contribution in [0.4, 0.5) is 0 Å². The first-order valence-electron chi connectivity index (χ1n) is 17.7. The Morgan fingerprint density at radius 2 is 0.882 bits per heavy atom. The van der Waals surface area contributed by atoms with Crippen molar-refractivity contribution in [1.82, 2.24) is 4.57 Å². The first-order valence-corrected chi connectivity index (χ1v) is 17.7. The lowest BCUT2D eigenvalue weighted by Crippen LogP contribution is -1.96. The number of aryl methyl sites for hydroxylation is 1. The highest BCUT2D eigenvalue weighted by Gasteiger charge is 2.16. The van der Waals surface area contributed by atoms with Gasteiger partial charge in [-0.3, -0.25) is 0 Å². The molecule has 0 bridgehead atoms. The van der Waals surface area contributed by atoms with Crippen molar-refractivity contribution in [2.45, 2.75) is 13.3 Å². The van der Waals surface area contributed by atoms with Gasteiger partial charge in [-0.1, -0.05) is 158 Å². The van der Waals surface area contributed by atoms with Crippen LogP contribution in [0.3, 0.4) is 0 Å². The fourth-order valence-corrected chi connectivity index (χ4v) is 7.67. The Morgan fingerprint density at radius 3 is 1.65 bits per heavy atom. The van der Waals surface area contributed by atoms with Crippen LogP contribution in [0.15, 0.2) is 194 Å². The SMILES string of the molecule is Cc1ccc(-c2ccc3c(c2)c2ccccc2n3-c2ccc(-c3ccccc3)cc2)cc1-c1ccccc1Cc1ccccc1-c1ccccc1. The minimum atomic E-state index is 0.864. The summed E-state index contributed by atoms with van der Waals surface area (Å²) < 4.78 is 2.40. The zero-order valence-electron chi connectivity index (χ0n) is 28.6. The van der Waals surface area contributed by atoms with Gasteiger partial charge in [-0.15, -0.1) is 0 Å². The highest BCUT2D eigenvalue weighted by molar-refractivity contribution is 6.10. The van der Waals surface area contributed by atoms with E-state index in [1.54, 1.807) is 0 Å². The molecule has 0 N–H and O–H groups in total. The van der Waals surface area contributed by atoms with Crippen molar-refractivity contribution >= 4 is 21.8 Å². The zero-order chi connectivity index (χ0) is 34.1. The second kappa shape index (κ2) is 13.1. The number of hydrogen-bond donors (Lipinski definition) is 0. The highest BCUT2D eigenvalue weighted by Crippen LogP contribution is 2.38. The Bertz CT molecular complexity index is 2640. The molecule has 0 fully saturated rings. The maximum absolute atomic E-state index is 2.40. The molecule has 1 heteroatoms. The number of hydrogen-bond acceptors (Lipinski definition) is 0. The average molecular weight is 652 g/mol. The minimum absolute atomic E-state index is 0.864. The van der Waals surface area contributed by atoms with Crippen molar-refractivity contribution in [3.05, 3.63) is 211 Å². The molecule has 51 heavy (non-hydrogen) atoms. The van der Waals surface area contributed by atoms with Crippen molar-refractivity contribution in [2.75, 3.05) is 0 Å². The molecule has 0 amide bonds. The summed E-state index contributed by atoms with van der Waals surface area (Å²) in [5, 5.41) is 2.52. The summed E-state index contributed by atoms with van der Waals surface area (Å²) in [4.78, 5) is 0. The standard InChI is InChI=1S/C50H37N/c1-35-24-25-39(33-47(35)45-21-11-9-19-42(45)32-41-18-8-10-20-44(41)38-16-6-3-7-17-38)40-28-31-50-48(34-40)46-22-12-13-23-49(46)51(50)43-29-26-37(27-30-43)36-14-4-2-5-15-36/h2-31,33-34H,32H2,1H3. The summed E-state index contributed by atoms with van der Waals surface area (Å²) in [5.74, 6) is 0. The Morgan fingerprint density at radius 1 is 0.353 bits per heavy atom. The first kappa shape index (κ1) is 30.6. The number of aromatic nitrogens is 1. The van der Waals surface area contributed by atoms with Gasteiger partial charge in [0.25, 0.3) is 0 Å². The van der Waals surface area contributed by atoms with E-state index >= 15 is 0 Å². The molecule has 1 nitrogen and oxygen atoms in total. The molecule has 0 aliphatic rings. The van der Waals surface area contributed by atoms with E-state index in [9.17, 15) is 0 Å². The molecule has 1 heterocycles. The molecule has 0 unspecified atom stereocenters. The molecule has 0 radical (unpaired) electrons. The van der Waals surface area contributed by atoms with E-state index in [1.807, 2.05) is 0 Å². The topological polar surface area (TPSA) is 4.93 Å². The van der Waals surface area contributed by atoms with E-state index in [-0.39, 0.29) is 0 Å². The summed E-state index contributed by atoms with van der Waals surface area (Å²) in [6, 6.07) is 70.6. The summed E-state index contributed by atoms with van der Waals surface area (Å²) >= 11 is 0. The van der Waals surface area contributed by atoms with Crippen LogP contribution in [-0.4, -0.2) is 4.57 Å². The Balaban J connectivity index is 1.11. The van der Waals surface area contributed by atoms with Crippen LogP contribution < -0.4 is 0 Å². The lowest BCUT2D eigenvalue weighted by molar-refractivity contribution is 1.18. The molecule has 0 aliphatic heterocycles. The summed E-state index contributed by atoms with van der Waals surface area (Å²) in [6.07, 6.45) is 0.864. The van der Waals surface area contributed by atoms with E-state index in [0.29, 0.717) is 0 Å². The number of nitrogens with zero attached hydrogens (tertiary/aromatic N) is 1. The predicted molar refractivity (Wildman–Crippen MR) is 217 cm³/mol. The lowest BCUT2D eigenvalue weighted by atomic mass is 9.88. The van der Waals surface area contributed by atoms with Gasteiger partial charge in [-0.05, 0) is 111 Å². The Kier molecular flexibility index (Phi) is 7.87. The third kappa shape index (κ3) is 5.73. The number of rotatable bonds is 7. The largest absolute Gasteiger partial charge is 0.309 e. The molecule has 0 saturated carbocycles. The van der Waals surface area contributed by atoms with E-state index in [2.05, 4.69) is 206 Å². The maximum Gasteiger partial charge on any atom is 0.0541 e. The summed E-state index contributed by atoms with van der Waals surface area (Å²) in [7, 11) is 0. The quantitative estimate of drug-likeness (QED) is 0.162. The van der Waals surface area contributed by atoms with Crippen LogP contribution in [0.2, 0.25) is 0 Å². The fourth-order valence-electron chi connectivity index (χ4n) is 7.67. The first-order chi connectivity index (χ1) is 25.2. The third-order valence-corrected chi connectivity index (χ3v) is 10.3. The van der Waals surface area contributed by atoms with Gasteiger partial charge < -0.3 is 4.57 Å². The van der Waals surface area contributed by atoms with Gasteiger partial charge in [0, 0.05) is 16.5 Å². The molecular weight excluding hydrogens is 615 g/mol. The number of para-hydroxylation sites is 1. The van der Waals surface area contributed by atoms with E-state index < -0.39 is 0 Å². The van der Waals surface area contributed by atoms with E-state index in [4.69, 9.17) is 0 Å². The van der Waals surface area contributed by atoms with Crippen molar-refractivity contribution < 1.29 is 0 Å². The predicted octanol–water partition coefficient (Wildman–Crippen LogP) is 13.4. The molecule has 9 rings (SSSR count). The molecule has 0 aliphatic carbocycles. The smallest absolute Gasteiger partial charge is 0.0541 e. The molecule has 1 aromatic heterocycles. The van der Waals surface area contributed by atoms with Crippen LogP contribution in [0.25, 0.3) is 72.0 Å². The van der Waals surface area contributed by atoms with Crippen molar-refractivity contribution in [1.29, 1.82) is 0 Å². The molecule has 8 aromatic carbocycles. The average Bonchev–Trinajstić information content (AvgIpc) is 3.53. The molecular formula is C50H37N. The molecule has 0 spiro atoms. The molecule has 0 saturated heterocycles. The molecule has 0 atom stereocenters. The number of fused-ring (bicyclic) bond motifs is 3. The van der Waals surface area contributed by atoms with Gasteiger partial charge in [-0.2, -0.15) is 0 Å². The van der Waals surface area contributed by atoms with Crippen LogP contribution in [0, 0.1) is 6.92 Å². The van der Waals surface area contributed by atoms with Crippen LogP contribution in [0.1, 0.15) is 16.7 Å². The summed E-state index contributed by atoms with van der Waals surface area (Å²) in [5.41, 5.74) is 17.5. The Hall–Kier alpha value is -6.44. The molecule has 242 valence electrons. The van der Waals surface area contributed by atoms with Crippen molar-refractivity contribution in [2.24, 2.45) is 0 Å². The maximum atomic E-state index is 2.40. The highest BCUT2D eigenvalue weighted by atomic mass is 15.0. The monoisotopic (exact) mass is 651 g/mol. The van der Waals surface area contributed by atoms with Crippen molar-refractivity contribution in [3.8, 4) is 50.2 Å². The van der Waals surface area contributed by atoms with E-state index in [0.717, 1.165) is 12.1 Å². The van der Waals surface area contributed by atoms with Gasteiger partial charge in [-0.25, -0.2) is 0 Å². The normalized spacial score (nSPS) is 11.3. The zero-order valence-corrected chi connectivity index (χ0v) is 28.6. The van der Waals surface area contributed by atoms with Gasteiger partial charge in [0.05, 0.1) is 11.0 Å². The second-order valence-electron chi connectivity index (χ2n) is 13.4. The Labute approximate surface area is 299 Å². The van der Waals surface area contributed by atoms with Crippen LogP contribution in [0.5, 0.6) is 0 Å². The van der Waals surface area contributed by atoms with Gasteiger partial charge in [0.1, 0.15) is 0 Å². The van der Waals surface area contributed by atoms with E-state index in [1.165, 1.54) is 83.0 Å². The lowest BCUT2D eigenvalue weighted by Gasteiger charge is -2.16. The summed E-state index contributed by atoms with van der Waals surface area (Å²) in [6.45, 7) is 2.23.